The maximum atomic E-state index is 11.0. The summed E-state index contributed by atoms with van der Waals surface area (Å²) in [5.41, 5.74) is 0.859. The van der Waals surface area contributed by atoms with Crippen molar-refractivity contribution in [2.45, 2.75) is 18.9 Å². The Balaban J connectivity index is 2.05. The Bertz CT molecular complexity index is 359. The highest BCUT2D eigenvalue weighted by Crippen LogP contribution is 2.34. The van der Waals surface area contributed by atoms with Gasteiger partial charge in [-0.05, 0) is 43.0 Å². The van der Waals surface area contributed by atoms with Crippen molar-refractivity contribution in [1.82, 2.24) is 0 Å². The second kappa shape index (κ2) is 4.23. The molecule has 0 heterocycles. The molecule has 1 fully saturated rings. The van der Waals surface area contributed by atoms with E-state index in [-0.39, 0.29) is 0 Å². The van der Waals surface area contributed by atoms with Gasteiger partial charge in [0.1, 0.15) is 6.04 Å². The van der Waals surface area contributed by atoms with Gasteiger partial charge in [0.25, 0.3) is 0 Å². The molecule has 3 nitrogen and oxygen atoms in total. The first-order chi connectivity index (χ1) is 7.16. The van der Waals surface area contributed by atoms with Crippen LogP contribution in [0.2, 0.25) is 0 Å². The molecule has 1 unspecified atom stereocenters. The van der Waals surface area contributed by atoms with Crippen LogP contribution < -0.4 is 5.32 Å². The molecule has 2 rings (SSSR count). The van der Waals surface area contributed by atoms with E-state index in [0.29, 0.717) is 5.92 Å². The molecule has 0 bridgehead atoms. The average molecular weight is 270 g/mol. The molecule has 0 amide bonds. The molecule has 15 heavy (non-hydrogen) atoms. The molecule has 2 N–H and O–H groups in total. The molecule has 1 aromatic carbocycles. The fourth-order valence-corrected chi connectivity index (χ4v) is 1.80. The maximum absolute atomic E-state index is 11.0. The highest BCUT2D eigenvalue weighted by atomic mass is 79.9. The number of hydrogen-bond donors (Lipinski definition) is 2. The summed E-state index contributed by atoms with van der Waals surface area (Å²) in [7, 11) is 0. The highest BCUT2D eigenvalue weighted by molar-refractivity contribution is 9.10. The van der Waals surface area contributed by atoms with Gasteiger partial charge in [-0.3, -0.25) is 0 Å². The topological polar surface area (TPSA) is 49.3 Å². The van der Waals surface area contributed by atoms with Crippen LogP contribution in [0.1, 0.15) is 12.8 Å². The fraction of sp³-hybridized carbons (Fsp3) is 0.364. The molecule has 0 spiro atoms. The zero-order valence-corrected chi connectivity index (χ0v) is 9.70. The van der Waals surface area contributed by atoms with Crippen molar-refractivity contribution >= 4 is 27.6 Å². The molecule has 1 saturated carbocycles. The molecular weight excluding hydrogens is 258 g/mol. The van der Waals surface area contributed by atoms with Crippen LogP contribution in [0.25, 0.3) is 0 Å². The molecule has 0 radical (unpaired) electrons. The second-order valence-corrected chi connectivity index (χ2v) is 4.72. The quantitative estimate of drug-likeness (QED) is 0.884. The lowest BCUT2D eigenvalue weighted by atomic mass is 10.2. The van der Waals surface area contributed by atoms with Crippen LogP contribution in [-0.2, 0) is 4.79 Å². The van der Waals surface area contributed by atoms with E-state index in [0.717, 1.165) is 23.0 Å². The number of rotatable bonds is 4. The monoisotopic (exact) mass is 269 g/mol. The molecule has 4 heteroatoms. The van der Waals surface area contributed by atoms with E-state index in [2.05, 4.69) is 21.2 Å². The third-order valence-corrected chi connectivity index (χ3v) is 3.05. The van der Waals surface area contributed by atoms with Gasteiger partial charge in [0.15, 0.2) is 0 Å². The Morgan fingerprint density at radius 1 is 1.40 bits per heavy atom. The number of hydrogen-bond acceptors (Lipinski definition) is 2. The van der Waals surface area contributed by atoms with E-state index in [9.17, 15) is 4.79 Å². The minimum atomic E-state index is -0.764. The summed E-state index contributed by atoms with van der Waals surface area (Å²) in [5.74, 6) is -0.466. The van der Waals surface area contributed by atoms with Gasteiger partial charge in [0.05, 0.1) is 0 Å². The fourth-order valence-electron chi connectivity index (χ4n) is 1.54. The summed E-state index contributed by atoms with van der Waals surface area (Å²) >= 11 is 3.34. The largest absolute Gasteiger partial charge is 0.480 e. The third-order valence-electron chi connectivity index (χ3n) is 2.53. The second-order valence-electron chi connectivity index (χ2n) is 3.80. The third kappa shape index (κ3) is 2.72. The molecule has 1 aliphatic rings. The van der Waals surface area contributed by atoms with Crippen molar-refractivity contribution in [1.29, 1.82) is 0 Å². The van der Waals surface area contributed by atoms with Crippen LogP contribution in [0.15, 0.2) is 28.7 Å². The SMILES string of the molecule is O=C(O)C(Nc1ccc(Br)cc1)C1CC1. The van der Waals surface area contributed by atoms with Crippen molar-refractivity contribution in [2.24, 2.45) is 5.92 Å². The first-order valence-electron chi connectivity index (χ1n) is 4.92. The molecule has 1 aromatic rings. The number of benzene rings is 1. The Morgan fingerprint density at radius 3 is 2.47 bits per heavy atom. The van der Waals surface area contributed by atoms with Gasteiger partial charge in [0.2, 0.25) is 0 Å². The first-order valence-corrected chi connectivity index (χ1v) is 5.71. The van der Waals surface area contributed by atoms with E-state index in [1.165, 1.54) is 0 Å². The zero-order valence-electron chi connectivity index (χ0n) is 8.11. The molecule has 80 valence electrons. The average Bonchev–Trinajstić information content (AvgIpc) is 3.00. The van der Waals surface area contributed by atoms with Gasteiger partial charge >= 0.3 is 5.97 Å². The lowest BCUT2D eigenvalue weighted by Gasteiger charge is -2.14. The smallest absolute Gasteiger partial charge is 0.326 e. The van der Waals surface area contributed by atoms with E-state index in [1.54, 1.807) is 0 Å². The predicted molar refractivity (Wildman–Crippen MR) is 61.9 cm³/mol. The zero-order chi connectivity index (χ0) is 10.8. The van der Waals surface area contributed by atoms with Crippen molar-refractivity contribution in [3.63, 3.8) is 0 Å². The van der Waals surface area contributed by atoms with Crippen LogP contribution in [0.3, 0.4) is 0 Å². The Labute approximate surface area is 96.6 Å². The molecule has 0 aromatic heterocycles. The molecule has 0 saturated heterocycles. The minimum absolute atomic E-state index is 0.297. The number of halogens is 1. The summed E-state index contributed by atoms with van der Waals surface area (Å²) < 4.78 is 0.992. The van der Waals surface area contributed by atoms with Crippen LogP contribution >= 0.6 is 15.9 Å². The van der Waals surface area contributed by atoms with Gasteiger partial charge in [-0.2, -0.15) is 0 Å². The summed E-state index contributed by atoms with van der Waals surface area (Å²) in [6.45, 7) is 0. The predicted octanol–water partition coefficient (Wildman–Crippen LogP) is 2.72. The molecule has 1 aliphatic carbocycles. The normalized spacial score (nSPS) is 17.1. The van der Waals surface area contributed by atoms with Crippen molar-refractivity contribution in [3.05, 3.63) is 28.7 Å². The molecule has 1 atom stereocenters. The van der Waals surface area contributed by atoms with Crippen molar-refractivity contribution < 1.29 is 9.90 Å². The first kappa shape index (κ1) is 10.5. The summed E-state index contributed by atoms with van der Waals surface area (Å²) in [6, 6.07) is 7.11. The summed E-state index contributed by atoms with van der Waals surface area (Å²) in [6.07, 6.45) is 2.03. The van der Waals surface area contributed by atoms with Crippen LogP contribution in [0, 0.1) is 5.92 Å². The Morgan fingerprint density at radius 2 is 2.00 bits per heavy atom. The summed E-state index contributed by atoms with van der Waals surface area (Å²) in [4.78, 5) is 11.0. The lowest BCUT2D eigenvalue weighted by molar-refractivity contribution is -0.138. The number of carboxylic acids is 1. The number of anilines is 1. The Kier molecular flexibility index (Phi) is 2.95. The number of nitrogens with one attached hydrogen (secondary N) is 1. The van der Waals surface area contributed by atoms with Crippen molar-refractivity contribution in [2.75, 3.05) is 5.32 Å². The van der Waals surface area contributed by atoms with Gasteiger partial charge in [0, 0.05) is 10.2 Å². The Hall–Kier alpha value is -1.03. The number of aliphatic carboxylic acids is 1. The molecule has 0 aliphatic heterocycles. The maximum Gasteiger partial charge on any atom is 0.326 e. The number of carboxylic acid groups (broad SMARTS) is 1. The minimum Gasteiger partial charge on any atom is -0.480 e. The van der Waals surface area contributed by atoms with E-state index in [1.807, 2.05) is 24.3 Å². The van der Waals surface area contributed by atoms with Crippen LogP contribution in [-0.4, -0.2) is 17.1 Å². The molecular formula is C11H12BrNO2. The van der Waals surface area contributed by atoms with E-state index in [4.69, 9.17) is 5.11 Å². The van der Waals surface area contributed by atoms with E-state index >= 15 is 0 Å². The van der Waals surface area contributed by atoms with Gasteiger partial charge in [-0.25, -0.2) is 4.79 Å². The standard InChI is InChI=1S/C11H12BrNO2/c12-8-3-5-9(6-4-8)13-10(11(14)15)7-1-2-7/h3-7,10,13H,1-2H2,(H,14,15). The number of carbonyl (C=O) groups is 1. The van der Waals surface area contributed by atoms with Crippen LogP contribution in [0.4, 0.5) is 5.69 Å². The lowest BCUT2D eigenvalue weighted by Crippen LogP contribution is -2.31. The highest BCUT2D eigenvalue weighted by Gasteiger charge is 2.36. The van der Waals surface area contributed by atoms with Crippen molar-refractivity contribution in [3.8, 4) is 0 Å². The van der Waals surface area contributed by atoms with Crippen LogP contribution in [0.5, 0.6) is 0 Å². The van der Waals surface area contributed by atoms with E-state index < -0.39 is 12.0 Å². The summed E-state index contributed by atoms with van der Waals surface area (Å²) in [5, 5.41) is 12.1. The van der Waals surface area contributed by atoms with Gasteiger partial charge < -0.3 is 10.4 Å². The van der Waals surface area contributed by atoms with Gasteiger partial charge in [-0.1, -0.05) is 15.9 Å². The van der Waals surface area contributed by atoms with Gasteiger partial charge in [-0.15, -0.1) is 0 Å².